The molecular weight excluding hydrogens is 192 g/mol. The van der Waals surface area contributed by atoms with Gasteiger partial charge < -0.3 is 0 Å². The summed E-state index contributed by atoms with van der Waals surface area (Å²) in [7, 11) is 0. The van der Waals surface area contributed by atoms with Gasteiger partial charge in [0.25, 0.3) is 0 Å². The quantitative estimate of drug-likeness (QED) is 0.689. The summed E-state index contributed by atoms with van der Waals surface area (Å²) in [6.07, 6.45) is 1.85. The molecule has 1 aromatic rings. The van der Waals surface area contributed by atoms with Crippen LogP contribution in [0.2, 0.25) is 0 Å². The first-order valence-electron chi connectivity index (χ1n) is 3.21. The molecule has 56 valence electrons. The second-order valence-corrected chi connectivity index (χ2v) is 4.14. The van der Waals surface area contributed by atoms with Gasteiger partial charge in [0.2, 0.25) is 0 Å². The van der Waals surface area contributed by atoms with Crippen LogP contribution in [0.1, 0.15) is 26.3 Å². The maximum absolute atomic E-state index is 3.92. The van der Waals surface area contributed by atoms with Gasteiger partial charge in [-0.15, -0.1) is 0 Å². The maximum Gasteiger partial charge on any atom is 0.104 e. The molecule has 0 fully saturated rings. The normalized spacial score (nSPS) is 12.0. The first kappa shape index (κ1) is 7.79. The van der Waals surface area contributed by atoms with E-state index in [2.05, 4.69) is 46.9 Å². The monoisotopic (exact) mass is 202 g/mol. The molecule has 3 heteroatoms. The third-order valence-electron chi connectivity index (χ3n) is 1.40. The lowest BCUT2D eigenvalue weighted by molar-refractivity contribution is 0.587. The topological polar surface area (TPSA) is 28.7 Å². The Morgan fingerprint density at radius 1 is 1.50 bits per heavy atom. The van der Waals surface area contributed by atoms with Gasteiger partial charge in [-0.05, 0) is 21.3 Å². The van der Waals surface area contributed by atoms with E-state index < -0.39 is 0 Å². The summed E-state index contributed by atoms with van der Waals surface area (Å²) in [5, 5.41) is 6.76. The molecule has 1 rings (SSSR count). The van der Waals surface area contributed by atoms with E-state index in [0.717, 1.165) is 4.60 Å². The molecule has 0 spiro atoms. The van der Waals surface area contributed by atoms with Gasteiger partial charge in [0, 0.05) is 5.56 Å². The number of nitrogens with zero attached hydrogens (tertiary/aromatic N) is 1. The van der Waals surface area contributed by atoms with Crippen molar-refractivity contribution in [1.29, 1.82) is 0 Å². The zero-order valence-electron chi connectivity index (χ0n) is 6.40. The Kier molecular flexibility index (Phi) is 1.86. The van der Waals surface area contributed by atoms with Crippen LogP contribution in [0, 0.1) is 0 Å². The molecule has 2 nitrogen and oxygen atoms in total. The highest BCUT2D eigenvalue weighted by Gasteiger charge is 2.17. The van der Waals surface area contributed by atoms with Crippen LogP contribution in [0.15, 0.2) is 10.8 Å². The number of aromatic amines is 1. The number of aromatic nitrogens is 2. The zero-order valence-corrected chi connectivity index (χ0v) is 7.99. The van der Waals surface area contributed by atoms with Crippen LogP contribution in [-0.4, -0.2) is 10.2 Å². The summed E-state index contributed by atoms with van der Waals surface area (Å²) < 4.78 is 0.986. The van der Waals surface area contributed by atoms with Gasteiger partial charge in [-0.25, -0.2) is 0 Å². The van der Waals surface area contributed by atoms with Crippen LogP contribution < -0.4 is 0 Å². The van der Waals surface area contributed by atoms with Gasteiger partial charge in [0.05, 0.1) is 6.20 Å². The van der Waals surface area contributed by atoms with Crippen LogP contribution in [0.5, 0.6) is 0 Å². The minimum atomic E-state index is 0.172. The number of hydrogen-bond donors (Lipinski definition) is 1. The minimum absolute atomic E-state index is 0.172. The molecule has 0 atom stereocenters. The first-order valence-corrected chi connectivity index (χ1v) is 4.00. The molecule has 10 heavy (non-hydrogen) atoms. The third-order valence-corrected chi connectivity index (χ3v) is 2.01. The number of hydrogen-bond acceptors (Lipinski definition) is 1. The molecular formula is C7H11BrN2. The van der Waals surface area contributed by atoms with Crippen LogP contribution in [0.25, 0.3) is 0 Å². The van der Waals surface area contributed by atoms with Gasteiger partial charge in [0.15, 0.2) is 0 Å². The van der Waals surface area contributed by atoms with E-state index in [1.165, 1.54) is 5.56 Å². The second kappa shape index (κ2) is 2.38. The van der Waals surface area contributed by atoms with Gasteiger partial charge in [-0.1, -0.05) is 20.8 Å². The lowest BCUT2D eigenvalue weighted by Crippen LogP contribution is -2.10. The molecule has 1 N–H and O–H groups in total. The van der Waals surface area contributed by atoms with E-state index in [9.17, 15) is 0 Å². The Bertz CT molecular complexity index is 222. The standard InChI is InChI=1S/C7H11BrN2/c1-7(2,3)5-4-9-10-6(5)8/h4H,1-3H3,(H,9,10). The van der Waals surface area contributed by atoms with Gasteiger partial charge in [0.1, 0.15) is 4.60 Å². The van der Waals surface area contributed by atoms with Crippen LogP contribution in [0.4, 0.5) is 0 Å². The highest BCUT2D eigenvalue weighted by atomic mass is 79.9. The molecule has 0 aliphatic rings. The summed E-state index contributed by atoms with van der Waals surface area (Å²) >= 11 is 3.38. The van der Waals surface area contributed by atoms with Crippen molar-refractivity contribution in [2.75, 3.05) is 0 Å². The molecule has 1 heterocycles. The molecule has 0 aliphatic carbocycles. The summed E-state index contributed by atoms with van der Waals surface area (Å²) in [5.74, 6) is 0. The largest absolute Gasteiger partial charge is 0.271 e. The molecule has 0 aromatic carbocycles. The summed E-state index contributed by atoms with van der Waals surface area (Å²) in [4.78, 5) is 0. The van der Waals surface area contributed by atoms with Crippen molar-refractivity contribution in [3.8, 4) is 0 Å². The molecule has 0 aliphatic heterocycles. The van der Waals surface area contributed by atoms with E-state index in [-0.39, 0.29) is 5.41 Å². The van der Waals surface area contributed by atoms with E-state index in [4.69, 9.17) is 0 Å². The Morgan fingerprint density at radius 3 is 2.30 bits per heavy atom. The number of nitrogens with one attached hydrogen (secondary N) is 1. The highest BCUT2D eigenvalue weighted by molar-refractivity contribution is 9.10. The Hall–Kier alpha value is -0.310. The lowest BCUT2D eigenvalue weighted by Gasteiger charge is -2.15. The molecule has 0 saturated carbocycles. The van der Waals surface area contributed by atoms with Crippen molar-refractivity contribution >= 4 is 15.9 Å². The third kappa shape index (κ3) is 1.40. The number of rotatable bonds is 0. The predicted octanol–water partition coefficient (Wildman–Crippen LogP) is 2.47. The summed E-state index contributed by atoms with van der Waals surface area (Å²) in [5.41, 5.74) is 1.39. The highest BCUT2D eigenvalue weighted by Crippen LogP contribution is 2.27. The molecule has 0 saturated heterocycles. The van der Waals surface area contributed by atoms with Crippen molar-refractivity contribution in [3.63, 3.8) is 0 Å². The Labute approximate surface area is 69.2 Å². The van der Waals surface area contributed by atoms with Crippen LogP contribution >= 0.6 is 15.9 Å². The van der Waals surface area contributed by atoms with Gasteiger partial charge >= 0.3 is 0 Å². The maximum atomic E-state index is 3.92. The first-order chi connectivity index (χ1) is 4.52. The zero-order chi connectivity index (χ0) is 7.78. The molecule has 0 unspecified atom stereocenters. The average molecular weight is 203 g/mol. The summed E-state index contributed by atoms with van der Waals surface area (Å²) in [6.45, 7) is 6.47. The van der Waals surface area contributed by atoms with Crippen molar-refractivity contribution < 1.29 is 0 Å². The van der Waals surface area contributed by atoms with Gasteiger partial charge in [-0.2, -0.15) is 5.10 Å². The fourth-order valence-corrected chi connectivity index (χ4v) is 1.59. The van der Waals surface area contributed by atoms with Crippen molar-refractivity contribution in [2.24, 2.45) is 0 Å². The number of H-pyrrole nitrogens is 1. The van der Waals surface area contributed by atoms with Crippen LogP contribution in [-0.2, 0) is 5.41 Å². The van der Waals surface area contributed by atoms with Crippen molar-refractivity contribution in [2.45, 2.75) is 26.2 Å². The van der Waals surface area contributed by atoms with E-state index in [1.807, 2.05) is 6.20 Å². The molecule has 0 radical (unpaired) electrons. The molecule has 0 bridgehead atoms. The van der Waals surface area contributed by atoms with Crippen LogP contribution in [0.3, 0.4) is 0 Å². The van der Waals surface area contributed by atoms with E-state index in [1.54, 1.807) is 0 Å². The van der Waals surface area contributed by atoms with Crippen molar-refractivity contribution in [3.05, 3.63) is 16.4 Å². The molecule has 1 aromatic heterocycles. The fourth-order valence-electron chi connectivity index (χ4n) is 0.793. The van der Waals surface area contributed by atoms with E-state index in [0.29, 0.717) is 0 Å². The number of halogens is 1. The second-order valence-electron chi connectivity index (χ2n) is 3.35. The smallest absolute Gasteiger partial charge is 0.104 e. The predicted molar refractivity (Wildman–Crippen MR) is 45.0 cm³/mol. The Morgan fingerprint density at radius 2 is 2.10 bits per heavy atom. The fraction of sp³-hybridized carbons (Fsp3) is 0.571. The van der Waals surface area contributed by atoms with E-state index >= 15 is 0 Å². The SMILES string of the molecule is CC(C)(C)c1cn[nH]c1Br. The lowest BCUT2D eigenvalue weighted by atomic mass is 9.90. The minimum Gasteiger partial charge on any atom is -0.271 e. The van der Waals surface area contributed by atoms with Gasteiger partial charge in [-0.3, -0.25) is 5.10 Å². The average Bonchev–Trinajstić information content (AvgIpc) is 2.11. The Balaban J connectivity index is 3.05. The summed E-state index contributed by atoms with van der Waals surface area (Å²) in [6, 6.07) is 0. The molecule has 0 amide bonds. The van der Waals surface area contributed by atoms with Crippen molar-refractivity contribution in [1.82, 2.24) is 10.2 Å².